The SMILES string of the molecule is C=CCOC(=O)N1CCN(C2=Nc3cc(Cl)ccc3Nc3ccccc32)CC1. The van der Waals surface area contributed by atoms with Crippen molar-refractivity contribution in [2.24, 2.45) is 4.99 Å². The highest BCUT2D eigenvalue weighted by molar-refractivity contribution is 6.31. The van der Waals surface area contributed by atoms with Gasteiger partial charge in [0.1, 0.15) is 12.4 Å². The molecule has 1 saturated heterocycles. The van der Waals surface area contributed by atoms with Gasteiger partial charge < -0.3 is 19.9 Å². The molecule has 1 fully saturated rings. The predicted octanol–water partition coefficient (Wildman–Crippen LogP) is 4.42. The van der Waals surface area contributed by atoms with E-state index >= 15 is 0 Å². The molecule has 0 atom stereocenters. The van der Waals surface area contributed by atoms with E-state index in [-0.39, 0.29) is 12.7 Å². The van der Waals surface area contributed by atoms with E-state index in [1.54, 1.807) is 11.0 Å². The van der Waals surface area contributed by atoms with Crippen LogP contribution in [0.15, 0.2) is 60.1 Å². The Kier molecular flexibility index (Phi) is 5.21. The largest absolute Gasteiger partial charge is 0.445 e. The Morgan fingerprint density at radius 3 is 2.75 bits per heavy atom. The number of amidine groups is 1. The quantitative estimate of drug-likeness (QED) is 0.763. The number of para-hydroxylation sites is 1. The van der Waals surface area contributed by atoms with Gasteiger partial charge in [0, 0.05) is 42.5 Å². The molecule has 0 radical (unpaired) electrons. The van der Waals surface area contributed by atoms with Crippen LogP contribution < -0.4 is 5.32 Å². The van der Waals surface area contributed by atoms with Crippen LogP contribution in [0.1, 0.15) is 5.56 Å². The van der Waals surface area contributed by atoms with Crippen LogP contribution in [0.5, 0.6) is 0 Å². The lowest BCUT2D eigenvalue weighted by molar-refractivity contribution is 0.0965. The van der Waals surface area contributed by atoms with Crippen molar-refractivity contribution in [3.8, 4) is 0 Å². The Labute approximate surface area is 169 Å². The molecule has 144 valence electrons. The molecule has 28 heavy (non-hydrogen) atoms. The van der Waals surface area contributed by atoms with Crippen molar-refractivity contribution in [2.45, 2.75) is 0 Å². The second-order valence-corrected chi connectivity index (χ2v) is 7.04. The van der Waals surface area contributed by atoms with E-state index < -0.39 is 0 Å². The normalized spacial score (nSPS) is 15.5. The van der Waals surface area contributed by atoms with Crippen LogP contribution in [-0.2, 0) is 4.74 Å². The van der Waals surface area contributed by atoms with Crippen molar-refractivity contribution in [3.63, 3.8) is 0 Å². The van der Waals surface area contributed by atoms with E-state index in [2.05, 4.69) is 22.9 Å². The Balaban J connectivity index is 1.61. The van der Waals surface area contributed by atoms with Gasteiger partial charge in [0.05, 0.1) is 11.4 Å². The van der Waals surface area contributed by atoms with Crippen molar-refractivity contribution in [1.29, 1.82) is 0 Å². The van der Waals surface area contributed by atoms with Crippen LogP contribution in [-0.4, -0.2) is 54.5 Å². The minimum Gasteiger partial charge on any atom is -0.445 e. The number of rotatable bonds is 2. The first-order chi connectivity index (χ1) is 13.7. The van der Waals surface area contributed by atoms with Gasteiger partial charge in [0.25, 0.3) is 0 Å². The molecule has 2 heterocycles. The molecule has 0 bridgehead atoms. The zero-order chi connectivity index (χ0) is 19.5. The molecule has 1 amide bonds. The molecule has 0 spiro atoms. The number of piperazine rings is 1. The lowest BCUT2D eigenvalue weighted by Gasteiger charge is -2.36. The third kappa shape index (κ3) is 3.68. The summed E-state index contributed by atoms with van der Waals surface area (Å²) < 4.78 is 5.14. The Morgan fingerprint density at radius 1 is 1.18 bits per heavy atom. The first-order valence-electron chi connectivity index (χ1n) is 9.18. The fourth-order valence-corrected chi connectivity index (χ4v) is 3.54. The minimum atomic E-state index is -0.304. The number of nitrogens with one attached hydrogen (secondary N) is 1. The van der Waals surface area contributed by atoms with Crippen molar-refractivity contribution in [1.82, 2.24) is 9.80 Å². The molecule has 4 rings (SSSR count). The molecule has 2 aliphatic heterocycles. The zero-order valence-electron chi connectivity index (χ0n) is 15.4. The first-order valence-corrected chi connectivity index (χ1v) is 9.56. The van der Waals surface area contributed by atoms with E-state index in [1.165, 1.54) is 0 Å². The topological polar surface area (TPSA) is 57.2 Å². The fraction of sp³-hybridized carbons (Fsp3) is 0.238. The molecule has 0 aromatic heterocycles. The summed E-state index contributed by atoms with van der Waals surface area (Å²) in [5.74, 6) is 0.878. The summed E-state index contributed by atoms with van der Waals surface area (Å²) in [6.07, 6.45) is 1.27. The Bertz CT molecular complexity index is 936. The Hall–Kier alpha value is -2.99. The summed E-state index contributed by atoms with van der Waals surface area (Å²) in [6.45, 7) is 6.29. The average molecular weight is 397 g/mol. The number of nitrogens with zero attached hydrogens (tertiary/aromatic N) is 3. The van der Waals surface area contributed by atoms with Gasteiger partial charge >= 0.3 is 6.09 Å². The number of fused-ring (bicyclic) bond motifs is 2. The number of halogens is 1. The fourth-order valence-electron chi connectivity index (χ4n) is 3.37. The highest BCUT2D eigenvalue weighted by Crippen LogP contribution is 2.36. The summed E-state index contributed by atoms with van der Waals surface area (Å²) in [6, 6.07) is 13.7. The van der Waals surface area contributed by atoms with Gasteiger partial charge in [0.15, 0.2) is 0 Å². The molecule has 2 aromatic rings. The molecule has 6 nitrogen and oxygen atoms in total. The molecule has 2 aliphatic rings. The third-order valence-corrected chi connectivity index (χ3v) is 5.02. The molecule has 0 unspecified atom stereocenters. The molecular weight excluding hydrogens is 376 g/mol. The summed E-state index contributed by atoms with van der Waals surface area (Å²) in [5.41, 5.74) is 3.73. The summed E-state index contributed by atoms with van der Waals surface area (Å²) in [7, 11) is 0. The van der Waals surface area contributed by atoms with Gasteiger partial charge in [-0.1, -0.05) is 36.4 Å². The predicted molar refractivity (Wildman–Crippen MR) is 112 cm³/mol. The van der Waals surface area contributed by atoms with E-state index in [4.69, 9.17) is 21.3 Å². The number of ether oxygens (including phenoxy) is 1. The smallest absolute Gasteiger partial charge is 0.410 e. The van der Waals surface area contributed by atoms with Crippen LogP contribution in [0.4, 0.5) is 21.9 Å². The van der Waals surface area contributed by atoms with Crippen molar-refractivity contribution in [2.75, 3.05) is 38.1 Å². The van der Waals surface area contributed by atoms with E-state index in [0.29, 0.717) is 31.2 Å². The lowest BCUT2D eigenvalue weighted by atomic mass is 10.1. The average Bonchev–Trinajstić information content (AvgIpc) is 2.88. The van der Waals surface area contributed by atoms with E-state index in [9.17, 15) is 4.79 Å². The highest BCUT2D eigenvalue weighted by Gasteiger charge is 2.27. The summed E-state index contributed by atoms with van der Waals surface area (Å²) in [5, 5.41) is 4.10. The standard InChI is InChI=1S/C21H21ClN4O2/c1-2-13-28-21(27)26-11-9-25(10-12-26)20-16-5-3-4-6-17(16)23-18-8-7-15(22)14-19(18)24-20/h2-8,14,23H,1,9-13H2. The van der Waals surface area contributed by atoms with Gasteiger partial charge in [0.2, 0.25) is 0 Å². The van der Waals surface area contributed by atoms with Crippen molar-refractivity contribution >= 4 is 40.6 Å². The number of anilines is 2. The van der Waals surface area contributed by atoms with E-state index in [0.717, 1.165) is 28.5 Å². The molecule has 7 heteroatoms. The summed E-state index contributed by atoms with van der Waals surface area (Å²) >= 11 is 6.19. The Morgan fingerprint density at radius 2 is 1.96 bits per heavy atom. The summed E-state index contributed by atoms with van der Waals surface area (Å²) in [4.78, 5) is 20.9. The number of carbonyl (C=O) groups excluding carboxylic acids is 1. The second kappa shape index (κ2) is 7.94. The van der Waals surface area contributed by atoms with Crippen molar-refractivity contribution < 1.29 is 9.53 Å². The van der Waals surface area contributed by atoms with Gasteiger partial charge in [-0.3, -0.25) is 0 Å². The molecule has 0 aliphatic carbocycles. The number of hydrogen-bond donors (Lipinski definition) is 1. The van der Waals surface area contributed by atoms with Crippen molar-refractivity contribution in [3.05, 3.63) is 65.7 Å². The maximum absolute atomic E-state index is 12.1. The van der Waals surface area contributed by atoms with Crippen LogP contribution in [0.3, 0.4) is 0 Å². The monoisotopic (exact) mass is 396 g/mol. The second-order valence-electron chi connectivity index (χ2n) is 6.61. The zero-order valence-corrected chi connectivity index (χ0v) is 16.2. The highest BCUT2D eigenvalue weighted by atomic mass is 35.5. The van der Waals surface area contributed by atoms with Crippen LogP contribution >= 0.6 is 11.6 Å². The molecule has 0 saturated carbocycles. The van der Waals surface area contributed by atoms with Crippen LogP contribution in [0.25, 0.3) is 0 Å². The van der Waals surface area contributed by atoms with Gasteiger partial charge in [-0.2, -0.15) is 0 Å². The van der Waals surface area contributed by atoms with E-state index in [1.807, 2.05) is 36.4 Å². The molecule has 2 aromatic carbocycles. The number of amides is 1. The minimum absolute atomic E-state index is 0.225. The third-order valence-electron chi connectivity index (χ3n) is 4.79. The first kappa shape index (κ1) is 18.4. The lowest BCUT2D eigenvalue weighted by Crippen LogP contribution is -2.51. The van der Waals surface area contributed by atoms with Gasteiger partial charge in [-0.05, 0) is 30.3 Å². The molecule has 1 N–H and O–H groups in total. The number of aliphatic imine (C=N–C) groups is 1. The maximum atomic E-state index is 12.1. The van der Waals surface area contributed by atoms with Gasteiger partial charge in [-0.15, -0.1) is 0 Å². The number of carbonyl (C=O) groups is 1. The maximum Gasteiger partial charge on any atom is 0.410 e. The number of hydrogen-bond acceptors (Lipinski definition) is 5. The van der Waals surface area contributed by atoms with Gasteiger partial charge in [-0.25, -0.2) is 9.79 Å². The van der Waals surface area contributed by atoms with Crippen LogP contribution in [0.2, 0.25) is 5.02 Å². The number of benzene rings is 2. The molecular formula is C21H21ClN4O2. The van der Waals surface area contributed by atoms with Crippen LogP contribution in [0, 0.1) is 0 Å².